The normalized spacial score (nSPS) is 20.9. The van der Waals surface area contributed by atoms with Crippen LogP contribution in [-0.4, -0.2) is 34.2 Å². The molecule has 9 heteroatoms. The Morgan fingerprint density at radius 1 is 1.19 bits per heavy atom. The van der Waals surface area contributed by atoms with E-state index < -0.39 is 10.0 Å². The number of nitrogens with zero attached hydrogens (tertiary/aromatic N) is 4. The van der Waals surface area contributed by atoms with Crippen LogP contribution in [0, 0.1) is 0 Å². The van der Waals surface area contributed by atoms with Crippen LogP contribution in [0.2, 0.25) is 0 Å². The summed E-state index contributed by atoms with van der Waals surface area (Å²) in [5.41, 5.74) is 1.82. The van der Waals surface area contributed by atoms with Crippen LogP contribution in [0.25, 0.3) is 11.3 Å². The maximum absolute atomic E-state index is 12.3. The van der Waals surface area contributed by atoms with Crippen LogP contribution in [0.3, 0.4) is 0 Å². The Bertz CT molecular complexity index is 946. The average molecular weight is 390 g/mol. The zero-order chi connectivity index (χ0) is 18.0. The van der Waals surface area contributed by atoms with E-state index in [-0.39, 0.29) is 12.1 Å². The number of hydrogen-bond acceptors (Lipinski definition) is 6. The van der Waals surface area contributed by atoms with Crippen LogP contribution < -0.4 is 4.72 Å². The molecule has 7 nitrogen and oxygen atoms in total. The first-order chi connectivity index (χ1) is 12.6. The first kappa shape index (κ1) is 17.3. The third kappa shape index (κ3) is 3.69. The second-order valence-electron chi connectivity index (χ2n) is 6.36. The Morgan fingerprint density at radius 2 is 2.04 bits per heavy atom. The predicted octanol–water partition coefficient (Wildman–Crippen LogP) is 2.86. The van der Waals surface area contributed by atoms with E-state index in [1.54, 1.807) is 23.7 Å². The fourth-order valence-corrected chi connectivity index (χ4v) is 5.60. The van der Waals surface area contributed by atoms with E-state index in [9.17, 15) is 8.42 Å². The molecular formula is C17H19N5O2S2. The summed E-state index contributed by atoms with van der Waals surface area (Å²) in [4.78, 5) is 8.17. The minimum atomic E-state index is -3.40. The van der Waals surface area contributed by atoms with Gasteiger partial charge in [0.2, 0.25) is 10.0 Å². The van der Waals surface area contributed by atoms with Crippen LogP contribution in [-0.2, 0) is 10.0 Å². The molecule has 0 atom stereocenters. The summed E-state index contributed by atoms with van der Waals surface area (Å²) in [6.07, 6.45) is 10.4. The summed E-state index contributed by atoms with van der Waals surface area (Å²) in [6.45, 7) is 0. The summed E-state index contributed by atoms with van der Waals surface area (Å²) in [5.74, 6) is 0. The van der Waals surface area contributed by atoms with Gasteiger partial charge in [0.1, 0.15) is 10.5 Å². The van der Waals surface area contributed by atoms with E-state index >= 15 is 0 Å². The molecule has 0 amide bonds. The molecule has 1 aliphatic rings. The van der Waals surface area contributed by atoms with Crippen LogP contribution in [0.15, 0.2) is 52.7 Å². The van der Waals surface area contributed by atoms with Crippen molar-refractivity contribution in [2.75, 3.05) is 0 Å². The largest absolute Gasteiger partial charge is 0.269 e. The van der Waals surface area contributed by atoms with Gasteiger partial charge in [-0.05, 0) is 43.2 Å². The molecule has 3 heterocycles. The highest BCUT2D eigenvalue weighted by molar-refractivity contribution is 7.91. The van der Waals surface area contributed by atoms with Crippen molar-refractivity contribution in [1.29, 1.82) is 0 Å². The molecule has 0 aliphatic heterocycles. The molecule has 0 unspecified atom stereocenters. The molecule has 1 aliphatic carbocycles. The molecule has 26 heavy (non-hydrogen) atoms. The second-order valence-corrected chi connectivity index (χ2v) is 9.25. The smallest absolute Gasteiger partial charge is 0.250 e. The van der Waals surface area contributed by atoms with Crippen molar-refractivity contribution in [2.24, 2.45) is 0 Å². The topological polar surface area (TPSA) is 89.8 Å². The lowest BCUT2D eigenvalue weighted by molar-refractivity contribution is 0.294. The van der Waals surface area contributed by atoms with E-state index in [1.165, 1.54) is 17.7 Å². The molecule has 0 radical (unpaired) electrons. The highest BCUT2D eigenvalue weighted by Gasteiger charge is 2.27. The first-order valence-corrected chi connectivity index (χ1v) is 10.8. The monoisotopic (exact) mass is 389 g/mol. The Morgan fingerprint density at radius 3 is 2.73 bits per heavy atom. The van der Waals surface area contributed by atoms with E-state index in [1.807, 2.05) is 23.1 Å². The zero-order valence-electron chi connectivity index (χ0n) is 14.0. The van der Waals surface area contributed by atoms with Crippen molar-refractivity contribution >= 4 is 21.4 Å². The van der Waals surface area contributed by atoms with Gasteiger partial charge in [-0.15, -0.1) is 11.3 Å². The predicted molar refractivity (Wildman–Crippen MR) is 99.2 cm³/mol. The summed E-state index contributed by atoms with van der Waals surface area (Å²) >= 11 is 1.24. The highest BCUT2D eigenvalue weighted by Crippen LogP contribution is 2.30. The number of aromatic nitrogens is 4. The quantitative estimate of drug-likeness (QED) is 0.725. The summed E-state index contributed by atoms with van der Waals surface area (Å²) in [5, 5.41) is 6.25. The Balaban J connectivity index is 1.38. The molecule has 0 bridgehead atoms. The van der Waals surface area contributed by atoms with Crippen molar-refractivity contribution in [2.45, 2.75) is 42.0 Å². The second kappa shape index (κ2) is 7.26. The molecule has 3 aromatic heterocycles. The zero-order valence-corrected chi connectivity index (χ0v) is 15.7. The van der Waals surface area contributed by atoms with Gasteiger partial charge in [-0.2, -0.15) is 5.10 Å². The van der Waals surface area contributed by atoms with Gasteiger partial charge in [0, 0.05) is 24.0 Å². The van der Waals surface area contributed by atoms with Crippen molar-refractivity contribution in [1.82, 2.24) is 24.5 Å². The lowest BCUT2D eigenvalue weighted by Crippen LogP contribution is -2.37. The lowest BCUT2D eigenvalue weighted by atomic mass is 9.92. The lowest BCUT2D eigenvalue weighted by Gasteiger charge is -2.28. The van der Waals surface area contributed by atoms with E-state index in [0.29, 0.717) is 4.21 Å². The minimum Gasteiger partial charge on any atom is -0.269 e. The van der Waals surface area contributed by atoms with Crippen LogP contribution >= 0.6 is 11.3 Å². The van der Waals surface area contributed by atoms with E-state index in [4.69, 9.17) is 0 Å². The van der Waals surface area contributed by atoms with Crippen LogP contribution in [0.5, 0.6) is 0 Å². The van der Waals surface area contributed by atoms with Crippen LogP contribution in [0.4, 0.5) is 0 Å². The summed E-state index contributed by atoms with van der Waals surface area (Å²) in [7, 11) is -3.40. The maximum atomic E-state index is 12.3. The van der Waals surface area contributed by atoms with Crippen molar-refractivity contribution in [3.63, 3.8) is 0 Å². The molecule has 0 saturated heterocycles. The van der Waals surface area contributed by atoms with E-state index in [0.717, 1.165) is 36.9 Å². The molecule has 1 saturated carbocycles. The van der Waals surface area contributed by atoms with Gasteiger partial charge in [0.05, 0.1) is 17.9 Å². The molecule has 4 rings (SSSR count). The molecule has 0 spiro atoms. The van der Waals surface area contributed by atoms with Gasteiger partial charge in [-0.1, -0.05) is 6.07 Å². The van der Waals surface area contributed by atoms with Gasteiger partial charge in [-0.25, -0.2) is 23.1 Å². The first-order valence-electron chi connectivity index (χ1n) is 8.48. The van der Waals surface area contributed by atoms with Gasteiger partial charge < -0.3 is 0 Å². The van der Waals surface area contributed by atoms with Crippen molar-refractivity contribution in [3.05, 3.63) is 48.5 Å². The number of rotatable bonds is 5. The molecule has 1 N–H and O–H groups in total. The number of hydrogen-bond donors (Lipinski definition) is 1. The SMILES string of the molecule is O=S(=O)(NC1CCC(n2cc(-c3ccncn3)cn2)CC1)c1cccs1. The number of sulfonamides is 1. The van der Waals surface area contributed by atoms with Gasteiger partial charge in [0.15, 0.2) is 0 Å². The fourth-order valence-electron chi connectivity index (χ4n) is 3.28. The standard InChI is InChI=1S/C17H19N5O2S2/c23-26(24,17-2-1-9-25-17)21-14-3-5-15(6-4-14)22-11-13(10-20-22)16-7-8-18-12-19-16/h1-2,7-12,14-15,21H,3-6H2. The van der Waals surface area contributed by atoms with Gasteiger partial charge in [-0.3, -0.25) is 4.68 Å². The number of nitrogens with one attached hydrogen (secondary N) is 1. The molecule has 0 aromatic carbocycles. The molecular weight excluding hydrogens is 370 g/mol. The van der Waals surface area contributed by atoms with Gasteiger partial charge >= 0.3 is 0 Å². The summed E-state index contributed by atoms with van der Waals surface area (Å²) < 4.78 is 29.9. The Labute approximate surface area is 156 Å². The fraction of sp³-hybridized carbons (Fsp3) is 0.353. The van der Waals surface area contributed by atoms with Crippen LogP contribution in [0.1, 0.15) is 31.7 Å². The summed E-state index contributed by atoms with van der Waals surface area (Å²) in [6, 6.07) is 5.51. The maximum Gasteiger partial charge on any atom is 0.250 e. The highest BCUT2D eigenvalue weighted by atomic mass is 32.2. The molecule has 1 fully saturated rings. The molecule has 3 aromatic rings. The van der Waals surface area contributed by atoms with Crippen molar-refractivity contribution < 1.29 is 8.42 Å². The Kier molecular flexibility index (Phi) is 4.84. The number of thiophene rings is 1. The minimum absolute atomic E-state index is 0.0183. The third-order valence-electron chi connectivity index (χ3n) is 4.63. The Hall–Kier alpha value is -2.10. The third-order valence-corrected chi connectivity index (χ3v) is 7.55. The van der Waals surface area contributed by atoms with E-state index in [2.05, 4.69) is 19.8 Å². The van der Waals surface area contributed by atoms with Crippen molar-refractivity contribution in [3.8, 4) is 11.3 Å². The average Bonchev–Trinajstić information content (AvgIpc) is 3.35. The van der Waals surface area contributed by atoms with Gasteiger partial charge in [0.25, 0.3) is 0 Å². The molecule has 136 valence electrons.